The molecule has 3 N–H and O–H groups in total. The number of halogens is 3. The van der Waals surface area contributed by atoms with Gasteiger partial charge >= 0.3 is 15.6 Å². The second-order valence-corrected chi connectivity index (χ2v) is 5.46. The molecule has 22 heavy (non-hydrogen) atoms. The Labute approximate surface area is 123 Å². The van der Waals surface area contributed by atoms with Crippen LogP contribution in [0.2, 0.25) is 0 Å². The van der Waals surface area contributed by atoms with Crippen LogP contribution in [0.15, 0.2) is 24.3 Å². The summed E-state index contributed by atoms with van der Waals surface area (Å²) in [6.45, 7) is 0. The summed E-state index contributed by atoms with van der Waals surface area (Å²) in [4.78, 5) is 0. The van der Waals surface area contributed by atoms with Gasteiger partial charge in [-0.15, -0.1) is 0 Å². The molecule has 0 spiro atoms. The van der Waals surface area contributed by atoms with Crippen LogP contribution in [0, 0.1) is 16.7 Å². The molecule has 120 valence electrons. The van der Waals surface area contributed by atoms with Crippen molar-refractivity contribution < 1.29 is 30.5 Å². The summed E-state index contributed by atoms with van der Waals surface area (Å²) in [5.74, 6) is -0.925. The molecule has 0 radical (unpaired) electrons. The molecule has 11 heteroatoms. The summed E-state index contributed by atoms with van der Waals surface area (Å²) >= 11 is 0. The van der Waals surface area contributed by atoms with E-state index in [-0.39, 0.29) is 11.3 Å². The third-order valence-electron chi connectivity index (χ3n) is 2.55. The number of rotatable bonds is 5. The van der Waals surface area contributed by atoms with Crippen LogP contribution >= 0.6 is 0 Å². The smallest absolute Gasteiger partial charge is 0.497 e. The molecule has 1 unspecified atom stereocenters. The van der Waals surface area contributed by atoms with Gasteiger partial charge in [-0.3, -0.25) is 5.41 Å². The fraction of sp³-hybridized carbons (Fsp3) is 0.273. The molecule has 0 aliphatic carbocycles. The molecule has 7 nitrogen and oxygen atoms in total. The van der Waals surface area contributed by atoms with Gasteiger partial charge in [0.2, 0.25) is 0 Å². The van der Waals surface area contributed by atoms with E-state index in [1.807, 2.05) is 0 Å². The van der Waals surface area contributed by atoms with E-state index < -0.39 is 27.1 Å². The Balaban J connectivity index is 3.45. The number of amidine groups is 1. The zero-order valence-corrected chi connectivity index (χ0v) is 11.8. The highest BCUT2D eigenvalue weighted by molar-refractivity contribution is 7.87. The minimum absolute atomic E-state index is 0.290. The molecule has 0 aromatic heterocycles. The fourth-order valence-electron chi connectivity index (χ4n) is 1.43. The summed E-state index contributed by atoms with van der Waals surface area (Å²) < 4.78 is 68.4. The summed E-state index contributed by atoms with van der Waals surface area (Å²) in [5, 5.41) is 16.4. The molecule has 0 aliphatic heterocycles. The van der Waals surface area contributed by atoms with Crippen LogP contribution in [0.3, 0.4) is 0 Å². The number of nitriles is 1. The molecule has 1 aromatic rings. The number of ether oxygens (including phenoxy) is 1. The van der Waals surface area contributed by atoms with Crippen molar-refractivity contribution in [3.63, 3.8) is 0 Å². The van der Waals surface area contributed by atoms with Gasteiger partial charge in [-0.25, -0.2) is 4.18 Å². The summed E-state index contributed by atoms with van der Waals surface area (Å²) in [7, 11) is -4.83. The molecule has 0 bridgehead atoms. The molecule has 0 saturated heterocycles. The van der Waals surface area contributed by atoms with E-state index in [1.54, 1.807) is 0 Å². The van der Waals surface area contributed by atoms with E-state index in [1.165, 1.54) is 25.3 Å². The maximum absolute atomic E-state index is 12.4. The number of nitrogens with two attached hydrogens (primary N) is 1. The number of alkyl halides is 3. The molecular weight excluding hydrogens is 327 g/mol. The van der Waals surface area contributed by atoms with Crippen molar-refractivity contribution in [2.24, 2.45) is 5.73 Å². The van der Waals surface area contributed by atoms with Crippen LogP contribution in [0.25, 0.3) is 0 Å². The van der Waals surface area contributed by atoms with Gasteiger partial charge in [0.25, 0.3) is 5.60 Å². The van der Waals surface area contributed by atoms with Crippen molar-refractivity contribution in [2.75, 3.05) is 7.11 Å². The number of nitrogens with one attached hydrogen (secondary N) is 1. The third-order valence-corrected chi connectivity index (χ3v) is 3.59. The lowest BCUT2D eigenvalue weighted by molar-refractivity contribution is -0.0580. The Bertz CT molecular complexity index is 710. The highest BCUT2D eigenvalue weighted by Crippen LogP contribution is 2.34. The van der Waals surface area contributed by atoms with Crippen LogP contribution in [-0.4, -0.2) is 26.9 Å². The monoisotopic (exact) mass is 337 g/mol. The number of nitrogens with zero attached hydrogens (tertiary/aromatic N) is 1. The first-order chi connectivity index (χ1) is 10.00. The minimum atomic E-state index is -6.15. The molecular formula is C11H10F3N3O4S. The van der Waals surface area contributed by atoms with Gasteiger partial charge in [-0.2, -0.15) is 26.9 Å². The second-order valence-electron chi connectivity index (χ2n) is 3.92. The quantitative estimate of drug-likeness (QED) is 0.360. The Morgan fingerprint density at radius 2 is 1.82 bits per heavy atom. The van der Waals surface area contributed by atoms with Gasteiger partial charge in [0.05, 0.1) is 7.11 Å². The van der Waals surface area contributed by atoms with E-state index in [9.17, 15) is 21.6 Å². The van der Waals surface area contributed by atoms with Gasteiger partial charge in [-0.05, 0) is 12.1 Å². The Morgan fingerprint density at radius 3 is 2.14 bits per heavy atom. The van der Waals surface area contributed by atoms with Crippen molar-refractivity contribution in [3.8, 4) is 11.8 Å². The van der Waals surface area contributed by atoms with Crippen LogP contribution in [0.1, 0.15) is 5.56 Å². The standard InChI is InChI=1S/C11H10F3N3O4S/c1-20-8-4-2-7(3-5-8)10(6-15,9(16)17)21-22(18,19)11(12,13)14/h2-5H,1H3,(H3,16,17). The predicted molar refractivity (Wildman–Crippen MR) is 68.3 cm³/mol. The average molecular weight is 337 g/mol. The highest BCUT2D eigenvalue weighted by Gasteiger charge is 2.54. The number of hydrogen-bond acceptors (Lipinski definition) is 6. The largest absolute Gasteiger partial charge is 0.523 e. The van der Waals surface area contributed by atoms with Crippen molar-refractivity contribution in [2.45, 2.75) is 11.1 Å². The number of methoxy groups -OCH3 is 1. The molecule has 0 amide bonds. The second kappa shape index (κ2) is 5.82. The van der Waals surface area contributed by atoms with Gasteiger partial charge in [0.1, 0.15) is 17.7 Å². The number of benzene rings is 1. The molecule has 0 saturated carbocycles. The number of hydrogen-bond donors (Lipinski definition) is 2. The third kappa shape index (κ3) is 3.12. The first-order valence-electron chi connectivity index (χ1n) is 5.42. The van der Waals surface area contributed by atoms with Crippen LogP contribution in [0.4, 0.5) is 13.2 Å². The molecule has 0 aliphatic rings. The topological polar surface area (TPSA) is 126 Å². The molecule has 0 heterocycles. The van der Waals surface area contributed by atoms with Gasteiger partial charge in [0.15, 0.2) is 0 Å². The highest BCUT2D eigenvalue weighted by atomic mass is 32.2. The van der Waals surface area contributed by atoms with Gasteiger partial charge in [0, 0.05) is 5.56 Å². The lowest BCUT2D eigenvalue weighted by Gasteiger charge is -2.25. The SMILES string of the molecule is COc1ccc(C(C#N)(OS(=O)(=O)C(F)(F)F)C(=N)N)cc1. The lowest BCUT2D eigenvalue weighted by Crippen LogP contribution is -2.46. The van der Waals surface area contributed by atoms with Crippen molar-refractivity contribution >= 4 is 16.0 Å². The van der Waals surface area contributed by atoms with E-state index in [0.717, 1.165) is 12.1 Å². The normalized spacial score (nSPS) is 14.7. The first-order valence-corrected chi connectivity index (χ1v) is 6.83. The maximum atomic E-state index is 12.4. The van der Waals surface area contributed by atoms with Crippen LogP contribution < -0.4 is 10.5 Å². The van der Waals surface area contributed by atoms with E-state index >= 15 is 0 Å². The molecule has 1 rings (SSSR count). The zero-order valence-electron chi connectivity index (χ0n) is 11.0. The maximum Gasteiger partial charge on any atom is 0.523 e. The zero-order chi connectivity index (χ0) is 17.2. The average Bonchev–Trinajstić information content (AvgIpc) is 2.43. The minimum Gasteiger partial charge on any atom is -0.497 e. The van der Waals surface area contributed by atoms with E-state index in [0.29, 0.717) is 0 Å². The first kappa shape index (κ1) is 17.7. The lowest BCUT2D eigenvalue weighted by atomic mass is 9.94. The van der Waals surface area contributed by atoms with Gasteiger partial charge < -0.3 is 10.5 Å². The Morgan fingerprint density at radius 1 is 1.32 bits per heavy atom. The summed E-state index contributed by atoms with van der Waals surface area (Å²) in [6, 6.07) is 5.82. The van der Waals surface area contributed by atoms with Gasteiger partial charge in [-0.1, -0.05) is 12.1 Å². The predicted octanol–water partition coefficient (Wildman–Crippen LogP) is 1.22. The molecule has 0 fully saturated rings. The van der Waals surface area contributed by atoms with Crippen molar-refractivity contribution in [1.82, 2.24) is 0 Å². The van der Waals surface area contributed by atoms with Crippen molar-refractivity contribution in [1.29, 1.82) is 10.7 Å². The Hall–Kier alpha value is -2.32. The van der Waals surface area contributed by atoms with Crippen molar-refractivity contribution in [3.05, 3.63) is 29.8 Å². The van der Waals surface area contributed by atoms with Crippen LogP contribution in [0.5, 0.6) is 5.75 Å². The summed E-state index contributed by atoms with van der Waals surface area (Å²) in [5.41, 5.74) is -3.95. The van der Waals surface area contributed by atoms with E-state index in [2.05, 4.69) is 4.18 Å². The molecule has 1 aromatic carbocycles. The summed E-state index contributed by atoms with van der Waals surface area (Å²) in [6.07, 6.45) is 0. The Kier molecular flexibility index (Phi) is 4.69. The van der Waals surface area contributed by atoms with E-state index in [4.69, 9.17) is 21.1 Å². The fourth-order valence-corrected chi connectivity index (χ4v) is 2.08. The van der Waals surface area contributed by atoms with Crippen LogP contribution in [-0.2, 0) is 19.9 Å². The molecule has 1 atom stereocenters.